The van der Waals surface area contributed by atoms with Gasteiger partial charge in [0.2, 0.25) is 0 Å². The van der Waals surface area contributed by atoms with Gasteiger partial charge >= 0.3 is 0 Å². The molecule has 1 aliphatic rings. The SMILES string of the molecule is CNCc1sc(N(C)CC2CCCCC2)nc1C. The first-order valence-corrected chi connectivity index (χ1v) is 7.84. The molecule has 0 bridgehead atoms. The molecule has 0 spiro atoms. The molecule has 1 N–H and O–H groups in total. The van der Waals surface area contributed by atoms with Crippen molar-refractivity contribution in [2.24, 2.45) is 5.92 Å². The number of aryl methyl sites for hydroxylation is 1. The summed E-state index contributed by atoms with van der Waals surface area (Å²) in [5.74, 6) is 0.876. The molecule has 3 nitrogen and oxygen atoms in total. The molecule has 0 saturated heterocycles. The largest absolute Gasteiger partial charge is 0.351 e. The lowest BCUT2D eigenvalue weighted by molar-refractivity contribution is 0.362. The third-order valence-corrected chi connectivity index (χ3v) is 5.07. The zero-order valence-electron chi connectivity index (χ0n) is 11.8. The van der Waals surface area contributed by atoms with E-state index in [0.29, 0.717) is 0 Å². The summed E-state index contributed by atoms with van der Waals surface area (Å²) in [7, 11) is 4.18. The van der Waals surface area contributed by atoms with Crippen molar-refractivity contribution in [3.8, 4) is 0 Å². The van der Waals surface area contributed by atoms with Gasteiger partial charge in [-0.3, -0.25) is 0 Å². The van der Waals surface area contributed by atoms with E-state index in [4.69, 9.17) is 4.98 Å². The number of hydrogen-bond acceptors (Lipinski definition) is 4. The van der Waals surface area contributed by atoms with Crippen molar-refractivity contribution in [3.05, 3.63) is 10.6 Å². The molecule has 1 heterocycles. The Labute approximate surface area is 115 Å². The summed E-state index contributed by atoms with van der Waals surface area (Å²) in [6.07, 6.45) is 7.07. The van der Waals surface area contributed by atoms with Crippen LogP contribution in [0.3, 0.4) is 0 Å². The van der Waals surface area contributed by atoms with Crippen molar-refractivity contribution in [2.45, 2.75) is 45.6 Å². The minimum absolute atomic E-state index is 0.876. The summed E-state index contributed by atoms with van der Waals surface area (Å²) in [5.41, 5.74) is 1.18. The molecule has 0 unspecified atom stereocenters. The monoisotopic (exact) mass is 267 g/mol. The van der Waals surface area contributed by atoms with Gasteiger partial charge in [-0.15, -0.1) is 11.3 Å². The van der Waals surface area contributed by atoms with Crippen molar-refractivity contribution in [1.82, 2.24) is 10.3 Å². The second kappa shape index (κ2) is 6.53. The molecule has 102 valence electrons. The number of anilines is 1. The molecule has 1 aromatic rings. The van der Waals surface area contributed by atoms with Crippen LogP contribution in [0.5, 0.6) is 0 Å². The van der Waals surface area contributed by atoms with Gasteiger partial charge in [-0.25, -0.2) is 4.98 Å². The van der Waals surface area contributed by atoms with Crippen LogP contribution < -0.4 is 10.2 Å². The highest BCUT2D eigenvalue weighted by molar-refractivity contribution is 7.15. The fourth-order valence-electron chi connectivity index (χ4n) is 2.74. The van der Waals surface area contributed by atoms with Crippen molar-refractivity contribution < 1.29 is 0 Å². The fraction of sp³-hybridized carbons (Fsp3) is 0.786. The van der Waals surface area contributed by atoms with Crippen molar-refractivity contribution in [1.29, 1.82) is 0 Å². The lowest BCUT2D eigenvalue weighted by Crippen LogP contribution is -2.26. The van der Waals surface area contributed by atoms with E-state index in [-0.39, 0.29) is 0 Å². The Kier molecular flexibility index (Phi) is 5.01. The maximum atomic E-state index is 4.70. The quantitative estimate of drug-likeness (QED) is 0.888. The Morgan fingerprint density at radius 1 is 1.33 bits per heavy atom. The molecule has 1 fully saturated rings. The molecule has 0 aliphatic heterocycles. The minimum Gasteiger partial charge on any atom is -0.351 e. The highest BCUT2D eigenvalue weighted by Gasteiger charge is 2.17. The van der Waals surface area contributed by atoms with E-state index in [9.17, 15) is 0 Å². The van der Waals surface area contributed by atoms with Crippen molar-refractivity contribution in [2.75, 3.05) is 25.5 Å². The van der Waals surface area contributed by atoms with Crippen LogP contribution >= 0.6 is 11.3 Å². The summed E-state index contributed by atoms with van der Waals surface area (Å²) < 4.78 is 0. The van der Waals surface area contributed by atoms with E-state index in [1.54, 1.807) is 0 Å². The first-order valence-electron chi connectivity index (χ1n) is 7.02. The van der Waals surface area contributed by atoms with Gasteiger partial charge in [0, 0.05) is 25.0 Å². The summed E-state index contributed by atoms with van der Waals surface area (Å²) in [6.45, 7) is 4.22. The van der Waals surface area contributed by atoms with Crippen LogP contribution in [0, 0.1) is 12.8 Å². The molecule has 18 heavy (non-hydrogen) atoms. The third-order valence-electron chi connectivity index (χ3n) is 3.80. The van der Waals surface area contributed by atoms with E-state index >= 15 is 0 Å². The Morgan fingerprint density at radius 3 is 2.72 bits per heavy atom. The van der Waals surface area contributed by atoms with E-state index in [1.165, 1.54) is 54.4 Å². The molecule has 2 rings (SSSR count). The molecule has 0 radical (unpaired) electrons. The van der Waals surface area contributed by atoms with Gasteiger partial charge in [0.25, 0.3) is 0 Å². The van der Waals surface area contributed by atoms with Crippen LogP contribution in [-0.4, -0.2) is 25.6 Å². The second-order valence-electron chi connectivity index (χ2n) is 5.42. The summed E-state index contributed by atoms with van der Waals surface area (Å²) >= 11 is 1.83. The predicted molar refractivity (Wildman–Crippen MR) is 79.5 cm³/mol. The van der Waals surface area contributed by atoms with Gasteiger partial charge in [0.15, 0.2) is 5.13 Å². The molecule has 1 aromatic heterocycles. The average Bonchev–Trinajstić information content (AvgIpc) is 2.73. The number of nitrogens with one attached hydrogen (secondary N) is 1. The van der Waals surface area contributed by atoms with Crippen LogP contribution in [0.1, 0.15) is 42.7 Å². The van der Waals surface area contributed by atoms with Gasteiger partial charge < -0.3 is 10.2 Å². The zero-order valence-corrected chi connectivity index (χ0v) is 12.6. The molecule has 1 aliphatic carbocycles. The summed E-state index contributed by atoms with van der Waals surface area (Å²) in [6, 6.07) is 0. The molecular weight excluding hydrogens is 242 g/mol. The van der Waals surface area contributed by atoms with Crippen molar-refractivity contribution in [3.63, 3.8) is 0 Å². The van der Waals surface area contributed by atoms with Crippen LogP contribution in [0.2, 0.25) is 0 Å². The Bertz CT molecular complexity index is 369. The highest BCUT2D eigenvalue weighted by atomic mass is 32.1. The lowest BCUT2D eigenvalue weighted by atomic mass is 9.89. The molecule has 4 heteroatoms. The van der Waals surface area contributed by atoms with Crippen molar-refractivity contribution >= 4 is 16.5 Å². The predicted octanol–water partition coefficient (Wildman–Crippen LogP) is 3.19. The maximum absolute atomic E-state index is 4.70. The maximum Gasteiger partial charge on any atom is 0.185 e. The molecule has 1 saturated carbocycles. The van der Waals surface area contributed by atoms with Crippen LogP contribution in [0.25, 0.3) is 0 Å². The van der Waals surface area contributed by atoms with Gasteiger partial charge in [-0.2, -0.15) is 0 Å². The number of nitrogens with zero attached hydrogens (tertiary/aromatic N) is 2. The standard InChI is InChI=1S/C14H25N3S/c1-11-13(9-15-2)18-14(16-11)17(3)10-12-7-5-4-6-8-12/h12,15H,4-10H2,1-3H3. The summed E-state index contributed by atoms with van der Waals surface area (Å²) in [4.78, 5) is 8.42. The zero-order chi connectivity index (χ0) is 13.0. The van der Waals surface area contributed by atoms with Crippen LogP contribution in [-0.2, 0) is 6.54 Å². The minimum atomic E-state index is 0.876. The third kappa shape index (κ3) is 3.45. The topological polar surface area (TPSA) is 28.2 Å². The highest BCUT2D eigenvalue weighted by Crippen LogP contribution is 2.29. The van der Waals surface area contributed by atoms with Gasteiger partial charge in [0.1, 0.15) is 0 Å². The Hall–Kier alpha value is -0.610. The lowest BCUT2D eigenvalue weighted by Gasteiger charge is -2.26. The number of thiazole rings is 1. The van der Waals surface area contributed by atoms with Gasteiger partial charge in [-0.1, -0.05) is 19.3 Å². The number of hydrogen-bond donors (Lipinski definition) is 1. The molecule has 0 aromatic carbocycles. The Balaban J connectivity index is 1.95. The summed E-state index contributed by atoms with van der Waals surface area (Å²) in [5, 5.41) is 4.39. The Morgan fingerprint density at radius 2 is 2.06 bits per heavy atom. The van der Waals surface area contributed by atoms with E-state index in [1.807, 2.05) is 18.4 Å². The van der Waals surface area contributed by atoms with E-state index in [2.05, 4.69) is 24.2 Å². The van der Waals surface area contributed by atoms with Crippen LogP contribution in [0.4, 0.5) is 5.13 Å². The van der Waals surface area contributed by atoms with E-state index < -0.39 is 0 Å². The molecule has 0 atom stereocenters. The first-order chi connectivity index (χ1) is 8.70. The second-order valence-corrected chi connectivity index (χ2v) is 6.48. The fourth-order valence-corrected chi connectivity index (χ4v) is 3.78. The normalized spacial score (nSPS) is 17.1. The van der Waals surface area contributed by atoms with Gasteiger partial charge in [-0.05, 0) is 32.7 Å². The smallest absolute Gasteiger partial charge is 0.185 e. The molecular formula is C14H25N3S. The van der Waals surface area contributed by atoms with Crippen LogP contribution in [0.15, 0.2) is 0 Å². The van der Waals surface area contributed by atoms with E-state index in [0.717, 1.165) is 12.5 Å². The first kappa shape index (κ1) is 13.8. The number of aromatic nitrogens is 1. The van der Waals surface area contributed by atoms with Gasteiger partial charge in [0.05, 0.1) is 5.69 Å². The number of rotatable bonds is 5. The average molecular weight is 267 g/mol. The molecule has 0 amide bonds.